The van der Waals surface area contributed by atoms with Gasteiger partial charge in [-0.3, -0.25) is 9.59 Å². The molecule has 1 saturated carbocycles. The Kier molecular flexibility index (Phi) is 5.03. The lowest BCUT2D eigenvalue weighted by Crippen LogP contribution is -2.48. The van der Waals surface area contributed by atoms with Gasteiger partial charge in [0.15, 0.2) is 0 Å². The number of halogens is 1. The van der Waals surface area contributed by atoms with Crippen molar-refractivity contribution in [3.8, 4) is 0 Å². The number of anilines is 2. The predicted molar refractivity (Wildman–Crippen MR) is 92.8 cm³/mol. The van der Waals surface area contributed by atoms with E-state index in [1.807, 2.05) is 0 Å². The summed E-state index contributed by atoms with van der Waals surface area (Å²) in [5.41, 5.74) is 5.88. The maximum Gasteiger partial charge on any atom is 0.325 e. The van der Waals surface area contributed by atoms with Crippen LogP contribution in [-0.4, -0.2) is 34.3 Å². The van der Waals surface area contributed by atoms with Gasteiger partial charge in [-0.1, -0.05) is 25.0 Å². The average molecular weight is 353 g/mol. The van der Waals surface area contributed by atoms with Gasteiger partial charge < -0.3 is 16.4 Å². The standard InChI is InChI=1S/C16H20N4O3.ClH/c1-10(13(21)18-12-7-3-2-6-11(12)17)20-14(22)16(19-15(20)23)8-4-5-9-16;/h2-3,6-7,10H,4-5,8-9,17H2,1H3,(H,18,21)(H,19,23);1H. The highest BCUT2D eigenvalue weighted by molar-refractivity contribution is 6.11. The molecule has 0 radical (unpaired) electrons. The van der Waals surface area contributed by atoms with Gasteiger partial charge in [-0.25, -0.2) is 9.69 Å². The molecule has 1 aliphatic carbocycles. The molecule has 1 spiro atoms. The molecule has 130 valence electrons. The average Bonchev–Trinajstić information content (AvgIpc) is 3.07. The molecule has 4 N–H and O–H groups in total. The number of carbonyl (C=O) groups is 3. The number of nitrogens with two attached hydrogens (primary N) is 1. The van der Waals surface area contributed by atoms with E-state index >= 15 is 0 Å². The lowest BCUT2D eigenvalue weighted by atomic mass is 9.97. The van der Waals surface area contributed by atoms with Crippen molar-refractivity contribution in [2.24, 2.45) is 0 Å². The van der Waals surface area contributed by atoms with E-state index in [-0.39, 0.29) is 18.3 Å². The number of amides is 4. The molecule has 1 saturated heterocycles. The van der Waals surface area contributed by atoms with Gasteiger partial charge in [0.2, 0.25) is 5.91 Å². The number of nitrogens with zero attached hydrogens (tertiary/aromatic N) is 1. The lowest BCUT2D eigenvalue weighted by molar-refractivity contribution is -0.136. The first-order valence-corrected chi connectivity index (χ1v) is 7.76. The van der Waals surface area contributed by atoms with E-state index in [0.717, 1.165) is 17.7 Å². The van der Waals surface area contributed by atoms with E-state index in [4.69, 9.17) is 5.73 Å². The second kappa shape index (κ2) is 6.68. The normalized spacial score (nSPS) is 19.8. The molecule has 24 heavy (non-hydrogen) atoms. The van der Waals surface area contributed by atoms with Gasteiger partial charge in [0.1, 0.15) is 11.6 Å². The SMILES string of the molecule is CC(C(=O)Nc1ccccc1N)N1C(=O)NC2(CCCC2)C1=O.Cl. The Morgan fingerprint density at radius 2 is 1.92 bits per heavy atom. The highest BCUT2D eigenvalue weighted by Gasteiger charge is 2.54. The first kappa shape index (κ1) is 18.1. The summed E-state index contributed by atoms with van der Waals surface area (Å²) in [5, 5.41) is 5.44. The number of rotatable bonds is 3. The molecule has 1 aromatic carbocycles. The Labute approximate surface area is 146 Å². The first-order valence-electron chi connectivity index (χ1n) is 7.76. The molecular weight excluding hydrogens is 332 g/mol. The Bertz CT molecular complexity index is 673. The van der Waals surface area contributed by atoms with Gasteiger partial charge in [-0.2, -0.15) is 0 Å². The van der Waals surface area contributed by atoms with Crippen LogP contribution in [0.25, 0.3) is 0 Å². The summed E-state index contributed by atoms with van der Waals surface area (Å²) in [5.74, 6) is -0.745. The number of urea groups is 1. The van der Waals surface area contributed by atoms with Crippen molar-refractivity contribution in [2.45, 2.75) is 44.2 Å². The molecule has 1 heterocycles. The highest BCUT2D eigenvalue weighted by atomic mass is 35.5. The molecular formula is C16H21ClN4O3. The van der Waals surface area contributed by atoms with E-state index in [0.29, 0.717) is 24.2 Å². The number of imide groups is 1. The zero-order valence-corrected chi connectivity index (χ0v) is 14.2. The fourth-order valence-electron chi connectivity index (χ4n) is 3.28. The zero-order valence-electron chi connectivity index (χ0n) is 13.4. The van der Waals surface area contributed by atoms with Crippen LogP contribution in [-0.2, 0) is 9.59 Å². The molecule has 1 aromatic rings. The minimum atomic E-state index is -0.901. The van der Waals surface area contributed by atoms with Crippen molar-refractivity contribution in [1.29, 1.82) is 0 Å². The third-order valence-corrected chi connectivity index (χ3v) is 4.64. The summed E-state index contributed by atoms with van der Waals surface area (Å²) in [6, 6.07) is 5.45. The van der Waals surface area contributed by atoms with Gasteiger partial charge in [0.25, 0.3) is 5.91 Å². The molecule has 7 nitrogen and oxygen atoms in total. The second-order valence-electron chi connectivity index (χ2n) is 6.15. The molecule has 8 heteroatoms. The number of benzene rings is 1. The highest BCUT2D eigenvalue weighted by Crippen LogP contribution is 2.35. The van der Waals surface area contributed by atoms with Gasteiger partial charge in [0.05, 0.1) is 11.4 Å². The Morgan fingerprint density at radius 1 is 1.29 bits per heavy atom. The van der Waals surface area contributed by atoms with Crippen LogP contribution in [0.15, 0.2) is 24.3 Å². The van der Waals surface area contributed by atoms with E-state index in [1.54, 1.807) is 31.2 Å². The van der Waals surface area contributed by atoms with Crippen molar-refractivity contribution in [3.05, 3.63) is 24.3 Å². The monoisotopic (exact) mass is 352 g/mol. The molecule has 4 amide bonds. The van der Waals surface area contributed by atoms with Crippen LogP contribution in [0.2, 0.25) is 0 Å². The Hall–Kier alpha value is -2.28. The molecule has 0 aromatic heterocycles. The van der Waals surface area contributed by atoms with Crippen LogP contribution >= 0.6 is 12.4 Å². The molecule has 1 aliphatic heterocycles. The maximum atomic E-state index is 12.6. The molecule has 1 atom stereocenters. The van der Waals surface area contributed by atoms with E-state index in [1.165, 1.54) is 0 Å². The van der Waals surface area contributed by atoms with Crippen molar-refractivity contribution in [2.75, 3.05) is 11.1 Å². The summed E-state index contributed by atoms with van der Waals surface area (Å²) in [4.78, 5) is 38.3. The van der Waals surface area contributed by atoms with E-state index in [9.17, 15) is 14.4 Å². The van der Waals surface area contributed by atoms with Crippen LogP contribution < -0.4 is 16.4 Å². The number of nitrogens with one attached hydrogen (secondary N) is 2. The molecule has 1 unspecified atom stereocenters. The number of nitrogen functional groups attached to an aromatic ring is 1. The topological polar surface area (TPSA) is 105 Å². The fraction of sp³-hybridized carbons (Fsp3) is 0.438. The van der Waals surface area contributed by atoms with Crippen LogP contribution in [0, 0.1) is 0 Å². The zero-order chi connectivity index (χ0) is 16.6. The van der Waals surface area contributed by atoms with Gasteiger partial charge in [-0.15, -0.1) is 12.4 Å². The summed E-state index contributed by atoms with van der Waals surface area (Å²) in [6.45, 7) is 1.54. The lowest BCUT2D eigenvalue weighted by Gasteiger charge is -2.23. The largest absolute Gasteiger partial charge is 0.397 e. The predicted octanol–water partition coefficient (Wildman–Crippen LogP) is 1.88. The van der Waals surface area contributed by atoms with Crippen LogP contribution in [0.5, 0.6) is 0 Å². The minimum absolute atomic E-state index is 0. The molecule has 2 aliphatic rings. The van der Waals surface area contributed by atoms with Crippen LogP contribution in [0.3, 0.4) is 0 Å². The fourth-order valence-corrected chi connectivity index (χ4v) is 3.28. The second-order valence-corrected chi connectivity index (χ2v) is 6.15. The van der Waals surface area contributed by atoms with Crippen LogP contribution in [0.1, 0.15) is 32.6 Å². The van der Waals surface area contributed by atoms with Crippen molar-refractivity contribution in [1.82, 2.24) is 10.2 Å². The number of hydrogen-bond donors (Lipinski definition) is 3. The third-order valence-electron chi connectivity index (χ3n) is 4.64. The van der Waals surface area contributed by atoms with Crippen LogP contribution in [0.4, 0.5) is 16.2 Å². The Morgan fingerprint density at radius 3 is 2.54 bits per heavy atom. The van der Waals surface area contributed by atoms with Crippen molar-refractivity contribution >= 4 is 41.6 Å². The molecule has 3 rings (SSSR count). The number of para-hydroxylation sites is 2. The summed E-state index contributed by atoms with van der Waals surface area (Å²) in [7, 11) is 0. The smallest absolute Gasteiger partial charge is 0.325 e. The molecule has 2 fully saturated rings. The maximum absolute atomic E-state index is 12.6. The van der Waals surface area contributed by atoms with Crippen molar-refractivity contribution < 1.29 is 14.4 Å². The van der Waals surface area contributed by atoms with Crippen molar-refractivity contribution in [3.63, 3.8) is 0 Å². The third kappa shape index (κ3) is 2.91. The summed E-state index contributed by atoms with van der Waals surface area (Å²) >= 11 is 0. The first-order chi connectivity index (χ1) is 10.9. The Balaban J connectivity index is 0.00000208. The van der Waals surface area contributed by atoms with E-state index in [2.05, 4.69) is 10.6 Å². The molecule has 0 bridgehead atoms. The van der Waals surface area contributed by atoms with Gasteiger partial charge >= 0.3 is 6.03 Å². The van der Waals surface area contributed by atoms with Gasteiger partial charge in [0, 0.05) is 0 Å². The minimum Gasteiger partial charge on any atom is -0.397 e. The van der Waals surface area contributed by atoms with Gasteiger partial charge in [-0.05, 0) is 31.9 Å². The number of carbonyl (C=O) groups excluding carboxylic acids is 3. The number of hydrogen-bond acceptors (Lipinski definition) is 4. The quantitative estimate of drug-likeness (QED) is 0.570. The summed E-state index contributed by atoms with van der Waals surface area (Å²) < 4.78 is 0. The summed E-state index contributed by atoms with van der Waals surface area (Å²) in [6.07, 6.45) is 3.07. The van der Waals surface area contributed by atoms with E-state index < -0.39 is 23.5 Å².